The van der Waals surface area contributed by atoms with E-state index in [2.05, 4.69) is 20.7 Å². The number of rotatable bonds is 5. The van der Waals surface area contributed by atoms with E-state index in [0.29, 0.717) is 22.6 Å². The molecule has 0 saturated carbocycles. The molecule has 4 aromatic rings. The van der Waals surface area contributed by atoms with Gasteiger partial charge < -0.3 is 10.6 Å². The summed E-state index contributed by atoms with van der Waals surface area (Å²) in [6.45, 7) is 3.10. The average Bonchev–Trinajstić information content (AvgIpc) is 3.01. The van der Waals surface area contributed by atoms with E-state index in [1.54, 1.807) is 26.0 Å². The Morgan fingerprint density at radius 2 is 1.74 bits per heavy atom. The molecule has 0 radical (unpaired) electrons. The van der Waals surface area contributed by atoms with E-state index in [1.165, 1.54) is 40.8 Å². The average molecular weight is 424 g/mol. The molecule has 0 bridgehead atoms. The number of hydrogen-bond donors (Lipinski definition) is 2. The maximum Gasteiger partial charge on any atom is 0.353 e. The lowest BCUT2D eigenvalue weighted by Crippen LogP contribution is -2.29. The number of benzene rings is 2. The first-order chi connectivity index (χ1) is 14.8. The second-order valence-corrected chi connectivity index (χ2v) is 6.99. The molecular formula is C21H18F2N6O2. The lowest BCUT2D eigenvalue weighted by molar-refractivity contribution is -0.117. The molecule has 158 valence electrons. The molecule has 0 aliphatic heterocycles. The van der Waals surface area contributed by atoms with Crippen LogP contribution in [0.2, 0.25) is 0 Å². The molecular weight excluding hydrogens is 406 g/mol. The van der Waals surface area contributed by atoms with Gasteiger partial charge in [0.25, 0.3) is 0 Å². The molecule has 4 rings (SSSR count). The topological polar surface area (TPSA) is 93.3 Å². The molecule has 31 heavy (non-hydrogen) atoms. The highest BCUT2D eigenvalue weighted by Gasteiger charge is 2.16. The van der Waals surface area contributed by atoms with Crippen LogP contribution in [0.4, 0.5) is 26.1 Å². The first-order valence-corrected chi connectivity index (χ1v) is 9.36. The van der Waals surface area contributed by atoms with Gasteiger partial charge in [0.1, 0.15) is 18.2 Å². The Hall–Kier alpha value is -4.08. The Bertz CT molecular complexity index is 1340. The summed E-state index contributed by atoms with van der Waals surface area (Å²) in [7, 11) is 0. The van der Waals surface area contributed by atoms with Crippen molar-refractivity contribution in [1.29, 1.82) is 0 Å². The molecule has 0 spiro atoms. The predicted octanol–water partition coefficient (Wildman–Crippen LogP) is 3.17. The van der Waals surface area contributed by atoms with Crippen molar-refractivity contribution >= 4 is 28.9 Å². The van der Waals surface area contributed by atoms with Gasteiger partial charge in [0.15, 0.2) is 5.65 Å². The third kappa shape index (κ3) is 4.27. The number of halogens is 2. The molecule has 0 fully saturated rings. The summed E-state index contributed by atoms with van der Waals surface area (Å²) >= 11 is 0. The Morgan fingerprint density at radius 1 is 1.03 bits per heavy atom. The van der Waals surface area contributed by atoms with Crippen LogP contribution in [0.25, 0.3) is 5.65 Å². The first kappa shape index (κ1) is 20.2. The van der Waals surface area contributed by atoms with Crippen LogP contribution < -0.4 is 16.3 Å². The quantitative estimate of drug-likeness (QED) is 0.513. The lowest BCUT2D eigenvalue weighted by Gasteiger charge is -2.08. The second-order valence-electron chi connectivity index (χ2n) is 6.99. The summed E-state index contributed by atoms with van der Waals surface area (Å²) in [4.78, 5) is 29.7. The van der Waals surface area contributed by atoms with E-state index in [4.69, 9.17) is 0 Å². The van der Waals surface area contributed by atoms with Crippen molar-refractivity contribution in [3.8, 4) is 0 Å². The van der Waals surface area contributed by atoms with Crippen molar-refractivity contribution < 1.29 is 13.6 Å². The van der Waals surface area contributed by atoms with E-state index in [-0.39, 0.29) is 18.1 Å². The number of anilines is 3. The van der Waals surface area contributed by atoms with Crippen molar-refractivity contribution in [3.63, 3.8) is 0 Å². The molecule has 0 unspecified atom stereocenters. The van der Waals surface area contributed by atoms with E-state index in [9.17, 15) is 18.4 Å². The number of hydrogen-bond acceptors (Lipinski definition) is 5. The van der Waals surface area contributed by atoms with Crippen molar-refractivity contribution in [3.05, 3.63) is 81.9 Å². The first-order valence-electron chi connectivity index (χ1n) is 9.36. The number of amides is 1. The van der Waals surface area contributed by atoms with Crippen LogP contribution >= 0.6 is 0 Å². The van der Waals surface area contributed by atoms with Gasteiger partial charge in [-0.25, -0.2) is 27.6 Å². The third-order valence-electron chi connectivity index (χ3n) is 4.56. The number of aromatic nitrogens is 4. The maximum absolute atomic E-state index is 13.5. The highest BCUT2D eigenvalue weighted by molar-refractivity contribution is 5.91. The number of carbonyl (C=O) groups is 1. The van der Waals surface area contributed by atoms with Gasteiger partial charge in [-0.1, -0.05) is 6.07 Å². The second kappa shape index (κ2) is 7.98. The minimum Gasteiger partial charge on any atom is -0.325 e. The van der Waals surface area contributed by atoms with Gasteiger partial charge in [0.05, 0.1) is 0 Å². The summed E-state index contributed by atoms with van der Waals surface area (Å²) in [5, 5.41) is 9.76. The van der Waals surface area contributed by atoms with Crippen molar-refractivity contribution in [2.75, 3.05) is 10.6 Å². The Labute approximate surface area is 175 Å². The van der Waals surface area contributed by atoms with E-state index in [0.717, 1.165) is 4.68 Å². The van der Waals surface area contributed by atoms with Crippen molar-refractivity contribution in [2.45, 2.75) is 20.4 Å². The van der Waals surface area contributed by atoms with E-state index >= 15 is 0 Å². The standard InChI is InChI=1S/C21H18F2N6O2/c1-12-3-4-15(23)10-17(12)26-19(30)11-28-21(31)29-18(27-28)9-13(2)24-20(29)25-16-7-5-14(22)6-8-16/h3-10H,11H2,1-2H3,(H,24,25)(H,26,30). The van der Waals surface area contributed by atoms with Crippen molar-refractivity contribution in [2.24, 2.45) is 0 Å². The van der Waals surface area contributed by atoms with Crippen LogP contribution in [-0.2, 0) is 11.3 Å². The van der Waals surface area contributed by atoms with Crippen LogP contribution in [0.5, 0.6) is 0 Å². The normalized spacial score (nSPS) is 11.0. The van der Waals surface area contributed by atoms with Gasteiger partial charge in [-0.3, -0.25) is 4.79 Å². The molecule has 2 aromatic carbocycles. The summed E-state index contributed by atoms with van der Waals surface area (Å²) in [6.07, 6.45) is 0. The zero-order valence-corrected chi connectivity index (χ0v) is 16.7. The van der Waals surface area contributed by atoms with Crippen LogP contribution in [0.15, 0.2) is 53.3 Å². The molecule has 1 amide bonds. The molecule has 0 atom stereocenters. The minimum absolute atomic E-state index is 0.180. The van der Waals surface area contributed by atoms with Gasteiger partial charge in [0, 0.05) is 23.1 Å². The van der Waals surface area contributed by atoms with Crippen LogP contribution in [-0.4, -0.2) is 25.1 Å². The number of nitrogens with one attached hydrogen (secondary N) is 2. The molecule has 2 N–H and O–H groups in total. The smallest absolute Gasteiger partial charge is 0.325 e. The maximum atomic E-state index is 13.5. The Kier molecular flexibility index (Phi) is 5.20. The third-order valence-corrected chi connectivity index (χ3v) is 4.56. The lowest BCUT2D eigenvalue weighted by atomic mass is 10.2. The SMILES string of the molecule is Cc1cc2nn(CC(=O)Nc3cc(F)ccc3C)c(=O)n2c(Nc2ccc(F)cc2)n1. The van der Waals surface area contributed by atoms with Gasteiger partial charge in [0.2, 0.25) is 11.9 Å². The molecule has 10 heteroatoms. The fraction of sp³-hybridized carbons (Fsp3) is 0.143. The molecule has 0 saturated heterocycles. The number of carbonyl (C=O) groups excluding carboxylic acids is 1. The highest BCUT2D eigenvalue weighted by Crippen LogP contribution is 2.17. The Morgan fingerprint density at radius 3 is 2.48 bits per heavy atom. The largest absolute Gasteiger partial charge is 0.353 e. The highest BCUT2D eigenvalue weighted by atomic mass is 19.1. The van der Waals surface area contributed by atoms with E-state index < -0.39 is 23.2 Å². The molecule has 2 aromatic heterocycles. The molecule has 8 nitrogen and oxygen atoms in total. The fourth-order valence-electron chi connectivity index (χ4n) is 3.06. The zero-order chi connectivity index (χ0) is 22.1. The molecule has 0 aliphatic rings. The van der Waals surface area contributed by atoms with Crippen molar-refractivity contribution in [1.82, 2.24) is 19.2 Å². The van der Waals surface area contributed by atoms with Gasteiger partial charge in [-0.2, -0.15) is 0 Å². The van der Waals surface area contributed by atoms with Gasteiger partial charge in [-0.05, 0) is 55.8 Å². The summed E-state index contributed by atoms with van der Waals surface area (Å²) in [6, 6.07) is 11.2. The summed E-state index contributed by atoms with van der Waals surface area (Å²) in [5.74, 6) is -1.22. The molecule has 0 aliphatic carbocycles. The molecule has 2 heterocycles. The fourth-order valence-corrected chi connectivity index (χ4v) is 3.06. The van der Waals surface area contributed by atoms with Crippen LogP contribution in [0, 0.1) is 25.5 Å². The number of fused-ring (bicyclic) bond motifs is 1. The number of aryl methyl sites for hydroxylation is 2. The van der Waals surface area contributed by atoms with Crippen LogP contribution in [0.1, 0.15) is 11.3 Å². The minimum atomic E-state index is -0.585. The van der Waals surface area contributed by atoms with Gasteiger partial charge >= 0.3 is 5.69 Å². The Balaban J connectivity index is 1.64. The van der Waals surface area contributed by atoms with Gasteiger partial charge in [-0.15, -0.1) is 5.10 Å². The van der Waals surface area contributed by atoms with E-state index in [1.807, 2.05) is 0 Å². The zero-order valence-electron chi connectivity index (χ0n) is 16.7. The monoisotopic (exact) mass is 424 g/mol. The number of nitrogens with zero attached hydrogens (tertiary/aromatic N) is 4. The predicted molar refractivity (Wildman–Crippen MR) is 111 cm³/mol. The summed E-state index contributed by atoms with van der Waals surface area (Å²) in [5.41, 5.74) is 1.82. The van der Waals surface area contributed by atoms with Crippen LogP contribution in [0.3, 0.4) is 0 Å². The summed E-state index contributed by atoms with van der Waals surface area (Å²) < 4.78 is 28.8.